The zero-order chi connectivity index (χ0) is 13.8. The van der Waals surface area contributed by atoms with Gasteiger partial charge in [0.2, 0.25) is 0 Å². The summed E-state index contributed by atoms with van der Waals surface area (Å²) < 4.78 is 6.18. The van der Waals surface area contributed by atoms with Gasteiger partial charge in [-0.05, 0) is 57.0 Å². The highest BCUT2D eigenvalue weighted by molar-refractivity contribution is 5.31. The Morgan fingerprint density at radius 1 is 1.15 bits per heavy atom. The lowest BCUT2D eigenvalue weighted by atomic mass is 9.97. The van der Waals surface area contributed by atoms with Gasteiger partial charge in [-0.3, -0.25) is 0 Å². The van der Waals surface area contributed by atoms with Crippen LogP contribution in [0, 0.1) is 0 Å². The Hall–Kier alpha value is -1.06. The van der Waals surface area contributed by atoms with Crippen LogP contribution in [0.15, 0.2) is 24.3 Å². The van der Waals surface area contributed by atoms with Crippen LogP contribution in [0.3, 0.4) is 0 Å². The van der Waals surface area contributed by atoms with E-state index in [0.717, 1.165) is 38.2 Å². The molecule has 20 heavy (non-hydrogen) atoms. The van der Waals surface area contributed by atoms with E-state index in [2.05, 4.69) is 41.5 Å². The maximum Gasteiger partial charge on any atom is 0.120 e. The topological polar surface area (TPSA) is 24.5 Å². The quantitative estimate of drug-likeness (QED) is 0.917. The van der Waals surface area contributed by atoms with Crippen LogP contribution in [-0.4, -0.2) is 37.7 Å². The van der Waals surface area contributed by atoms with E-state index in [0.29, 0.717) is 12.1 Å². The van der Waals surface area contributed by atoms with E-state index in [1.54, 1.807) is 0 Å². The molecule has 0 spiro atoms. The van der Waals surface area contributed by atoms with Crippen LogP contribution in [0.4, 0.5) is 0 Å². The average Bonchev–Trinajstić information content (AvgIpc) is 2.51. The fourth-order valence-electron chi connectivity index (χ4n) is 3.24. The van der Waals surface area contributed by atoms with Crippen LogP contribution in [0.5, 0.6) is 5.75 Å². The van der Waals surface area contributed by atoms with Crippen molar-refractivity contribution in [2.45, 2.75) is 44.2 Å². The summed E-state index contributed by atoms with van der Waals surface area (Å²) in [5.74, 6) is 1.05. The van der Waals surface area contributed by atoms with Crippen LogP contribution in [0.1, 0.15) is 43.7 Å². The third-order valence-electron chi connectivity index (χ3n) is 4.54. The molecular weight excluding hydrogens is 248 g/mol. The lowest BCUT2D eigenvalue weighted by Crippen LogP contribution is -2.35. The van der Waals surface area contributed by atoms with Gasteiger partial charge in [-0.1, -0.05) is 18.6 Å². The van der Waals surface area contributed by atoms with Crippen molar-refractivity contribution in [2.75, 3.05) is 26.7 Å². The predicted octanol–water partition coefficient (Wildman–Crippen LogP) is 2.97. The molecule has 110 valence electrons. The highest BCUT2D eigenvalue weighted by atomic mass is 16.5. The molecule has 2 saturated heterocycles. The molecule has 3 rings (SSSR count). The first-order valence-corrected chi connectivity index (χ1v) is 8.00. The van der Waals surface area contributed by atoms with Crippen molar-refractivity contribution in [3.8, 4) is 5.75 Å². The molecule has 0 radical (unpaired) electrons. The van der Waals surface area contributed by atoms with E-state index in [1.807, 2.05) is 0 Å². The maximum absolute atomic E-state index is 6.18. The van der Waals surface area contributed by atoms with E-state index in [1.165, 1.54) is 24.8 Å². The molecule has 1 atom stereocenters. The second-order valence-electron chi connectivity index (χ2n) is 6.20. The van der Waals surface area contributed by atoms with Gasteiger partial charge in [-0.25, -0.2) is 0 Å². The fourth-order valence-corrected chi connectivity index (χ4v) is 3.24. The Morgan fingerprint density at radius 2 is 2.00 bits per heavy atom. The van der Waals surface area contributed by atoms with E-state index in [9.17, 15) is 0 Å². The summed E-state index contributed by atoms with van der Waals surface area (Å²) in [6.45, 7) is 3.44. The van der Waals surface area contributed by atoms with Crippen molar-refractivity contribution in [1.82, 2.24) is 10.2 Å². The highest BCUT2D eigenvalue weighted by Crippen LogP contribution is 2.27. The van der Waals surface area contributed by atoms with E-state index < -0.39 is 0 Å². The van der Waals surface area contributed by atoms with Crippen LogP contribution in [0.25, 0.3) is 0 Å². The smallest absolute Gasteiger partial charge is 0.120 e. The molecule has 1 aromatic rings. The minimum atomic E-state index is 0.390. The molecule has 0 aromatic heterocycles. The van der Waals surface area contributed by atoms with Gasteiger partial charge < -0.3 is 15.0 Å². The molecule has 0 aliphatic carbocycles. The lowest BCUT2D eigenvalue weighted by molar-refractivity contribution is 0.114. The Labute approximate surface area is 122 Å². The number of ether oxygens (including phenoxy) is 1. The summed E-state index contributed by atoms with van der Waals surface area (Å²) in [4.78, 5) is 2.38. The molecule has 1 unspecified atom stereocenters. The second kappa shape index (κ2) is 6.59. The summed E-state index contributed by atoms with van der Waals surface area (Å²) in [5.41, 5.74) is 1.38. The van der Waals surface area contributed by atoms with Crippen molar-refractivity contribution in [3.05, 3.63) is 29.8 Å². The predicted molar refractivity (Wildman–Crippen MR) is 82.2 cm³/mol. The minimum Gasteiger partial charge on any atom is -0.490 e. The molecule has 2 aliphatic heterocycles. The fraction of sp³-hybridized carbons (Fsp3) is 0.647. The Kier molecular flexibility index (Phi) is 4.58. The number of rotatable bonds is 3. The summed E-state index contributed by atoms with van der Waals surface area (Å²) >= 11 is 0. The van der Waals surface area contributed by atoms with Gasteiger partial charge in [-0.2, -0.15) is 0 Å². The van der Waals surface area contributed by atoms with Crippen LogP contribution in [0.2, 0.25) is 0 Å². The lowest BCUT2D eigenvalue weighted by Gasteiger charge is -2.30. The van der Waals surface area contributed by atoms with Crippen molar-refractivity contribution in [2.24, 2.45) is 0 Å². The standard InChI is InChI=1S/C17H26N2O/c1-19-11-8-15(9-12-19)20-16-6-4-5-14(13-16)17-7-2-3-10-18-17/h4-6,13,15,17-18H,2-3,7-12H2,1H3. The van der Waals surface area contributed by atoms with E-state index >= 15 is 0 Å². The third kappa shape index (κ3) is 3.53. The SMILES string of the molecule is CN1CCC(Oc2cccc(C3CCCCN3)c2)CC1. The maximum atomic E-state index is 6.18. The molecule has 2 aliphatic rings. The number of nitrogens with one attached hydrogen (secondary N) is 1. The van der Waals surface area contributed by atoms with E-state index in [4.69, 9.17) is 4.74 Å². The summed E-state index contributed by atoms with van der Waals surface area (Å²) in [5, 5.41) is 3.61. The zero-order valence-corrected chi connectivity index (χ0v) is 12.5. The monoisotopic (exact) mass is 274 g/mol. The number of hydrogen-bond donors (Lipinski definition) is 1. The number of likely N-dealkylation sites (tertiary alicyclic amines) is 1. The van der Waals surface area contributed by atoms with Crippen LogP contribution in [-0.2, 0) is 0 Å². The normalized spacial score (nSPS) is 25.6. The first-order valence-electron chi connectivity index (χ1n) is 8.00. The first-order chi connectivity index (χ1) is 9.81. The Morgan fingerprint density at radius 3 is 2.75 bits per heavy atom. The van der Waals surface area contributed by atoms with Gasteiger partial charge in [0.25, 0.3) is 0 Å². The second-order valence-corrected chi connectivity index (χ2v) is 6.20. The van der Waals surface area contributed by atoms with Gasteiger partial charge in [0, 0.05) is 19.1 Å². The summed E-state index contributed by atoms with van der Waals surface area (Å²) in [6.07, 6.45) is 6.56. The molecule has 3 nitrogen and oxygen atoms in total. The minimum absolute atomic E-state index is 0.390. The third-order valence-corrected chi connectivity index (χ3v) is 4.54. The van der Waals surface area contributed by atoms with Crippen LogP contribution >= 0.6 is 0 Å². The number of hydrogen-bond acceptors (Lipinski definition) is 3. The van der Waals surface area contributed by atoms with Crippen molar-refractivity contribution >= 4 is 0 Å². The molecule has 1 N–H and O–H groups in total. The van der Waals surface area contributed by atoms with Crippen molar-refractivity contribution in [1.29, 1.82) is 0 Å². The molecule has 2 heterocycles. The summed E-state index contributed by atoms with van der Waals surface area (Å²) in [6, 6.07) is 9.22. The summed E-state index contributed by atoms with van der Waals surface area (Å²) in [7, 11) is 2.19. The largest absolute Gasteiger partial charge is 0.490 e. The van der Waals surface area contributed by atoms with Crippen LogP contribution < -0.4 is 10.1 Å². The molecular formula is C17H26N2O. The number of benzene rings is 1. The highest BCUT2D eigenvalue weighted by Gasteiger charge is 2.19. The molecule has 2 fully saturated rings. The Bertz CT molecular complexity index is 421. The van der Waals surface area contributed by atoms with E-state index in [-0.39, 0.29) is 0 Å². The molecule has 0 amide bonds. The zero-order valence-electron chi connectivity index (χ0n) is 12.5. The molecule has 3 heteroatoms. The van der Waals surface area contributed by atoms with Crippen molar-refractivity contribution < 1.29 is 4.74 Å². The molecule has 1 aromatic carbocycles. The van der Waals surface area contributed by atoms with Gasteiger partial charge >= 0.3 is 0 Å². The van der Waals surface area contributed by atoms with Gasteiger partial charge in [0.1, 0.15) is 11.9 Å². The van der Waals surface area contributed by atoms with Gasteiger partial charge in [0.15, 0.2) is 0 Å². The number of nitrogens with zero attached hydrogens (tertiary/aromatic N) is 1. The van der Waals surface area contributed by atoms with Gasteiger partial charge in [-0.15, -0.1) is 0 Å². The van der Waals surface area contributed by atoms with Gasteiger partial charge in [0.05, 0.1) is 0 Å². The average molecular weight is 274 g/mol. The Balaban J connectivity index is 1.62. The molecule has 0 bridgehead atoms. The van der Waals surface area contributed by atoms with Crippen molar-refractivity contribution in [3.63, 3.8) is 0 Å². The first kappa shape index (κ1) is 13.9. The molecule has 0 saturated carbocycles. The number of piperidine rings is 2.